The quantitative estimate of drug-likeness (QED) is 0.685. The maximum absolute atomic E-state index is 9.37. The molecule has 0 bridgehead atoms. The molecule has 0 aromatic heterocycles. The predicted molar refractivity (Wildman–Crippen MR) is 59.4 cm³/mol. The second-order valence-corrected chi connectivity index (χ2v) is 4.87. The lowest BCUT2D eigenvalue weighted by Gasteiger charge is -2.21. The van der Waals surface area contributed by atoms with E-state index in [4.69, 9.17) is 0 Å². The minimum Gasteiger partial charge on any atom is -0.392 e. The Bertz CT molecular complexity index is 161. The third kappa shape index (κ3) is 4.40. The van der Waals surface area contributed by atoms with Gasteiger partial charge in [0.2, 0.25) is 0 Å². The molecule has 0 amide bonds. The van der Waals surface area contributed by atoms with Crippen molar-refractivity contribution in [3.05, 3.63) is 0 Å². The number of hydrogen-bond donors (Lipinski definition) is 2. The summed E-state index contributed by atoms with van der Waals surface area (Å²) < 4.78 is 0. The number of nitrogens with one attached hydrogen (secondary N) is 1. The largest absolute Gasteiger partial charge is 0.392 e. The first-order valence-electron chi connectivity index (χ1n) is 5.71. The molecule has 14 heavy (non-hydrogen) atoms. The van der Waals surface area contributed by atoms with Gasteiger partial charge in [0.25, 0.3) is 0 Å². The molecule has 0 aromatic rings. The molecule has 1 aliphatic rings. The third-order valence-electron chi connectivity index (χ3n) is 2.69. The van der Waals surface area contributed by atoms with E-state index in [9.17, 15) is 5.11 Å². The van der Waals surface area contributed by atoms with Gasteiger partial charge in [0.1, 0.15) is 0 Å². The lowest BCUT2D eigenvalue weighted by atomic mass is 10.1. The van der Waals surface area contributed by atoms with Gasteiger partial charge in [0.05, 0.1) is 6.10 Å². The molecule has 2 unspecified atom stereocenters. The van der Waals surface area contributed by atoms with E-state index in [2.05, 4.69) is 31.0 Å². The Balaban J connectivity index is 2.10. The normalized spacial score (nSPS) is 25.9. The van der Waals surface area contributed by atoms with Crippen molar-refractivity contribution >= 4 is 0 Å². The van der Waals surface area contributed by atoms with E-state index in [1.54, 1.807) is 0 Å². The molecule has 1 fully saturated rings. The SMILES string of the molecule is CC(CNC(C)C)CN1CCC(O)C1. The molecule has 2 N–H and O–H groups in total. The van der Waals surface area contributed by atoms with Gasteiger partial charge in [0, 0.05) is 25.7 Å². The number of hydrogen-bond acceptors (Lipinski definition) is 3. The molecule has 0 spiro atoms. The van der Waals surface area contributed by atoms with E-state index < -0.39 is 0 Å². The molecule has 2 atom stereocenters. The molecule has 0 aliphatic carbocycles. The van der Waals surface area contributed by atoms with E-state index in [-0.39, 0.29) is 6.10 Å². The summed E-state index contributed by atoms with van der Waals surface area (Å²) >= 11 is 0. The minimum atomic E-state index is -0.0831. The highest BCUT2D eigenvalue weighted by Gasteiger charge is 2.21. The summed E-state index contributed by atoms with van der Waals surface area (Å²) in [6.45, 7) is 10.7. The highest BCUT2D eigenvalue weighted by molar-refractivity contribution is 4.76. The lowest BCUT2D eigenvalue weighted by molar-refractivity contribution is 0.170. The topological polar surface area (TPSA) is 35.5 Å². The Labute approximate surface area is 87.5 Å². The van der Waals surface area contributed by atoms with Crippen LogP contribution in [0.2, 0.25) is 0 Å². The molecular weight excluding hydrogens is 176 g/mol. The van der Waals surface area contributed by atoms with Crippen LogP contribution in [0.4, 0.5) is 0 Å². The molecule has 0 aromatic carbocycles. The summed E-state index contributed by atoms with van der Waals surface area (Å²) in [6.07, 6.45) is 0.866. The van der Waals surface area contributed by atoms with Gasteiger partial charge in [-0.3, -0.25) is 0 Å². The molecule has 3 nitrogen and oxygen atoms in total. The standard InChI is InChI=1S/C11H24N2O/c1-9(2)12-6-10(3)7-13-5-4-11(14)8-13/h9-12,14H,4-8H2,1-3H3. The molecule has 84 valence electrons. The molecule has 1 saturated heterocycles. The van der Waals surface area contributed by atoms with Crippen molar-refractivity contribution in [2.45, 2.75) is 39.3 Å². The summed E-state index contributed by atoms with van der Waals surface area (Å²) in [4.78, 5) is 2.36. The van der Waals surface area contributed by atoms with Crippen LogP contribution < -0.4 is 5.32 Å². The minimum absolute atomic E-state index is 0.0831. The zero-order valence-corrected chi connectivity index (χ0v) is 9.66. The van der Waals surface area contributed by atoms with Crippen molar-refractivity contribution in [2.24, 2.45) is 5.92 Å². The van der Waals surface area contributed by atoms with Gasteiger partial charge in [0.15, 0.2) is 0 Å². The van der Waals surface area contributed by atoms with E-state index in [1.807, 2.05) is 0 Å². The van der Waals surface area contributed by atoms with Crippen LogP contribution >= 0.6 is 0 Å². The van der Waals surface area contributed by atoms with Gasteiger partial charge in [-0.15, -0.1) is 0 Å². The predicted octanol–water partition coefficient (Wildman–Crippen LogP) is 0.687. The maximum Gasteiger partial charge on any atom is 0.0679 e. The van der Waals surface area contributed by atoms with Crippen LogP contribution in [0.15, 0.2) is 0 Å². The summed E-state index contributed by atoms with van der Waals surface area (Å²) in [5.41, 5.74) is 0. The number of nitrogens with zero attached hydrogens (tertiary/aromatic N) is 1. The number of likely N-dealkylation sites (tertiary alicyclic amines) is 1. The van der Waals surface area contributed by atoms with Gasteiger partial charge in [-0.2, -0.15) is 0 Å². The van der Waals surface area contributed by atoms with E-state index in [1.165, 1.54) is 0 Å². The monoisotopic (exact) mass is 200 g/mol. The zero-order valence-electron chi connectivity index (χ0n) is 9.66. The van der Waals surface area contributed by atoms with Crippen LogP contribution in [0.1, 0.15) is 27.2 Å². The molecule has 0 radical (unpaired) electrons. The molecule has 3 heteroatoms. The average Bonchev–Trinajstić information content (AvgIpc) is 2.48. The van der Waals surface area contributed by atoms with Crippen LogP contribution in [-0.4, -0.2) is 48.3 Å². The van der Waals surface area contributed by atoms with Crippen LogP contribution in [0.3, 0.4) is 0 Å². The Morgan fingerprint density at radius 1 is 1.43 bits per heavy atom. The zero-order chi connectivity index (χ0) is 10.6. The molecule has 1 aliphatic heterocycles. The van der Waals surface area contributed by atoms with Crippen LogP contribution in [0.5, 0.6) is 0 Å². The molecule has 1 heterocycles. The Hall–Kier alpha value is -0.120. The van der Waals surface area contributed by atoms with Crippen molar-refractivity contribution < 1.29 is 5.11 Å². The lowest BCUT2D eigenvalue weighted by Crippen LogP contribution is -2.35. The number of β-amino-alcohol motifs (C(OH)–C–C–N with tert-alkyl or cyclic N) is 1. The van der Waals surface area contributed by atoms with Gasteiger partial charge in [-0.1, -0.05) is 20.8 Å². The molecular formula is C11H24N2O. The average molecular weight is 200 g/mol. The number of rotatable bonds is 5. The fourth-order valence-corrected chi connectivity index (χ4v) is 1.92. The second kappa shape index (κ2) is 5.69. The van der Waals surface area contributed by atoms with E-state index in [0.717, 1.165) is 32.6 Å². The van der Waals surface area contributed by atoms with E-state index in [0.29, 0.717) is 12.0 Å². The van der Waals surface area contributed by atoms with Crippen molar-refractivity contribution in [3.63, 3.8) is 0 Å². The number of aliphatic hydroxyl groups excluding tert-OH is 1. The highest BCUT2D eigenvalue weighted by atomic mass is 16.3. The maximum atomic E-state index is 9.37. The first kappa shape index (κ1) is 12.0. The van der Waals surface area contributed by atoms with Gasteiger partial charge in [-0.05, 0) is 18.9 Å². The van der Waals surface area contributed by atoms with Crippen LogP contribution in [0.25, 0.3) is 0 Å². The fourth-order valence-electron chi connectivity index (χ4n) is 1.92. The molecule has 0 saturated carbocycles. The molecule has 1 rings (SSSR count). The second-order valence-electron chi connectivity index (χ2n) is 4.87. The Morgan fingerprint density at radius 3 is 2.64 bits per heavy atom. The van der Waals surface area contributed by atoms with Crippen molar-refractivity contribution in [1.82, 2.24) is 10.2 Å². The summed E-state index contributed by atoms with van der Waals surface area (Å²) in [6, 6.07) is 0.571. The van der Waals surface area contributed by atoms with Gasteiger partial charge in [-0.25, -0.2) is 0 Å². The Kier molecular flexibility index (Phi) is 4.85. The summed E-state index contributed by atoms with van der Waals surface area (Å²) in [7, 11) is 0. The van der Waals surface area contributed by atoms with Crippen molar-refractivity contribution in [2.75, 3.05) is 26.2 Å². The van der Waals surface area contributed by atoms with Crippen molar-refractivity contribution in [3.8, 4) is 0 Å². The van der Waals surface area contributed by atoms with Crippen LogP contribution in [-0.2, 0) is 0 Å². The highest BCUT2D eigenvalue weighted by Crippen LogP contribution is 2.10. The van der Waals surface area contributed by atoms with Crippen molar-refractivity contribution in [1.29, 1.82) is 0 Å². The van der Waals surface area contributed by atoms with Gasteiger partial charge >= 0.3 is 0 Å². The Morgan fingerprint density at radius 2 is 2.14 bits per heavy atom. The summed E-state index contributed by atoms with van der Waals surface area (Å²) in [5.74, 6) is 0.669. The first-order valence-corrected chi connectivity index (χ1v) is 5.71. The van der Waals surface area contributed by atoms with Gasteiger partial charge < -0.3 is 15.3 Å². The first-order chi connectivity index (χ1) is 6.58. The smallest absolute Gasteiger partial charge is 0.0679 e. The number of aliphatic hydroxyl groups is 1. The summed E-state index contributed by atoms with van der Waals surface area (Å²) in [5, 5.41) is 12.8. The fraction of sp³-hybridized carbons (Fsp3) is 1.00. The third-order valence-corrected chi connectivity index (χ3v) is 2.69. The van der Waals surface area contributed by atoms with E-state index >= 15 is 0 Å². The van der Waals surface area contributed by atoms with Crippen LogP contribution in [0, 0.1) is 5.92 Å².